The van der Waals surface area contributed by atoms with Crippen molar-refractivity contribution >= 4 is 5.91 Å². The number of aromatic nitrogens is 2. The van der Waals surface area contributed by atoms with Gasteiger partial charge >= 0.3 is 0 Å². The van der Waals surface area contributed by atoms with Gasteiger partial charge in [-0.1, -0.05) is 6.07 Å². The zero-order valence-electron chi connectivity index (χ0n) is 18.5. The van der Waals surface area contributed by atoms with Crippen LogP contribution in [0.4, 0.5) is 0 Å². The standard InChI is InChI=1S/C24H27N3O5/c1-4-32-19-8-6-18(7-9-19)20-15-24(29)27(16-26-20)12-11-25-23(28)14-17-5-10-21(30-2)22(13-17)31-3/h5-10,13,15-16H,4,11-12,14H2,1-3H3,(H,25,28). The molecule has 0 saturated heterocycles. The van der Waals surface area contributed by atoms with Crippen molar-refractivity contribution in [2.24, 2.45) is 0 Å². The lowest BCUT2D eigenvalue weighted by Crippen LogP contribution is -2.31. The fraction of sp³-hybridized carbons (Fsp3) is 0.292. The molecule has 8 heteroatoms. The zero-order chi connectivity index (χ0) is 22.9. The number of ether oxygens (including phenoxy) is 3. The van der Waals surface area contributed by atoms with Gasteiger partial charge in [0, 0.05) is 24.7 Å². The van der Waals surface area contributed by atoms with Crippen molar-refractivity contribution in [2.45, 2.75) is 19.9 Å². The van der Waals surface area contributed by atoms with Gasteiger partial charge in [0.1, 0.15) is 5.75 Å². The van der Waals surface area contributed by atoms with Crippen LogP contribution in [0, 0.1) is 0 Å². The minimum Gasteiger partial charge on any atom is -0.494 e. The van der Waals surface area contributed by atoms with Crippen LogP contribution in [-0.2, 0) is 17.8 Å². The highest BCUT2D eigenvalue weighted by Crippen LogP contribution is 2.27. The van der Waals surface area contributed by atoms with E-state index < -0.39 is 0 Å². The van der Waals surface area contributed by atoms with Crippen molar-refractivity contribution in [3.63, 3.8) is 0 Å². The normalized spacial score (nSPS) is 10.5. The molecule has 32 heavy (non-hydrogen) atoms. The molecule has 1 heterocycles. The number of carbonyl (C=O) groups is 1. The fourth-order valence-corrected chi connectivity index (χ4v) is 3.19. The molecule has 3 aromatic rings. The monoisotopic (exact) mass is 437 g/mol. The number of amides is 1. The van der Waals surface area contributed by atoms with Gasteiger partial charge in [-0.05, 0) is 48.9 Å². The van der Waals surface area contributed by atoms with Gasteiger partial charge in [0.15, 0.2) is 11.5 Å². The predicted octanol–water partition coefficient (Wildman–Crippen LogP) is 2.69. The Morgan fingerprint density at radius 3 is 2.44 bits per heavy atom. The Kier molecular flexibility index (Phi) is 7.85. The summed E-state index contributed by atoms with van der Waals surface area (Å²) in [5.41, 5.74) is 2.05. The van der Waals surface area contributed by atoms with Gasteiger partial charge in [-0.2, -0.15) is 0 Å². The summed E-state index contributed by atoms with van der Waals surface area (Å²) in [6.45, 7) is 3.16. The summed E-state index contributed by atoms with van der Waals surface area (Å²) in [7, 11) is 3.11. The Labute approximate surface area is 186 Å². The number of carbonyl (C=O) groups excluding carboxylic acids is 1. The lowest BCUT2D eigenvalue weighted by molar-refractivity contribution is -0.120. The van der Waals surface area contributed by atoms with Gasteiger partial charge in [0.05, 0.1) is 39.3 Å². The van der Waals surface area contributed by atoms with E-state index in [9.17, 15) is 9.59 Å². The van der Waals surface area contributed by atoms with Gasteiger partial charge in [0.25, 0.3) is 5.56 Å². The minimum absolute atomic E-state index is 0.149. The van der Waals surface area contributed by atoms with Gasteiger partial charge in [-0.3, -0.25) is 14.2 Å². The van der Waals surface area contributed by atoms with Crippen molar-refractivity contribution < 1.29 is 19.0 Å². The zero-order valence-corrected chi connectivity index (χ0v) is 18.5. The third-order valence-electron chi connectivity index (χ3n) is 4.83. The molecule has 1 amide bonds. The Bertz CT molecular complexity index is 1110. The highest BCUT2D eigenvalue weighted by atomic mass is 16.5. The molecule has 0 saturated carbocycles. The van der Waals surface area contributed by atoms with Crippen molar-refractivity contribution in [2.75, 3.05) is 27.4 Å². The second-order valence-electron chi connectivity index (χ2n) is 6.98. The van der Waals surface area contributed by atoms with E-state index in [2.05, 4.69) is 10.3 Å². The molecule has 0 radical (unpaired) electrons. The first kappa shape index (κ1) is 22.9. The molecule has 1 aromatic heterocycles. The molecule has 2 aromatic carbocycles. The number of benzene rings is 2. The Balaban J connectivity index is 1.54. The smallest absolute Gasteiger partial charge is 0.253 e. The van der Waals surface area contributed by atoms with Crippen LogP contribution in [0.15, 0.2) is 59.7 Å². The number of hydrogen-bond acceptors (Lipinski definition) is 6. The second-order valence-corrected chi connectivity index (χ2v) is 6.98. The van der Waals surface area contributed by atoms with E-state index in [-0.39, 0.29) is 17.9 Å². The second kappa shape index (κ2) is 11.0. The highest BCUT2D eigenvalue weighted by molar-refractivity contribution is 5.78. The molecule has 3 rings (SSSR count). The van der Waals surface area contributed by atoms with Gasteiger partial charge in [0.2, 0.25) is 5.91 Å². The van der Waals surface area contributed by atoms with Gasteiger partial charge in [-0.15, -0.1) is 0 Å². The molecular formula is C24H27N3O5. The number of nitrogens with one attached hydrogen (secondary N) is 1. The van der Waals surface area contributed by atoms with E-state index in [1.807, 2.05) is 37.3 Å². The van der Waals surface area contributed by atoms with Crippen molar-refractivity contribution in [1.29, 1.82) is 0 Å². The summed E-state index contributed by atoms with van der Waals surface area (Å²) in [6.07, 6.45) is 1.69. The minimum atomic E-state index is -0.182. The molecule has 168 valence electrons. The third kappa shape index (κ3) is 5.87. The maximum Gasteiger partial charge on any atom is 0.253 e. The topological polar surface area (TPSA) is 91.7 Å². The first-order valence-corrected chi connectivity index (χ1v) is 10.3. The summed E-state index contributed by atoms with van der Waals surface area (Å²) in [5, 5.41) is 2.83. The van der Waals surface area contributed by atoms with Crippen LogP contribution in [0.3, 0.4) is 0 Å². The molecular weight excluding hydrogens is 410 g/mol. The van der Waals surface area contributed by atoms with Crippen molar-refractivity contribution in [1.82, 2.24) is 14.9 Å². The van der Waals surface area contributed by atoms with Gasteiger partial charge in [-0.25, -0.2) is 4.98 Å². The average Bonchev–Trinajstić information content (AvgIpc) is 2.80. The van der Waals surface area contributed by atoms with E-state index in [0.717, 1.165) is 16.9 Å². The highest BCUT2D eigenvalue weighted by Gasteiger charge is 2.09. The van der Waals surface area contributed by atoms with E-state index >= 15 is 0 Å². The lowest BCUT2D eigenvalue weighted by Gasteiger charge is -2.11. The predicted molar refractivity (Wildman–Crippen MR) is 121 cm³/mol. The molecule has 0 aliphatic rings. The Morgan fingerprint density at radius 1 is 1.03 bits per heavy atom. The van der Waals surface area contributed by atoms with Crippen LogP contribution in [-0.4, -0.2) is 42.8 Å². The van der Waals surface area contributed by atoms with Crippen molar-refractivity contribution in [3.8, 4) is 28.5 Å². The molecule has 0 aliphatic carbocycles. The SMILES string of the molecule is CCOc1ccc(-c2cc(=O)n(CCNC(=O)Cc3ccc(OC)c(OC)c3)cn2)cc1. The first-order chi connectivity index (χ1) is 15.5. The third-order valence-corrected chi connectivity index (χ3v) is 4.83. The molecule has 0 spiro atoms. The molecule has 0 aliphatic heterocycles. The van der Waals surface area contributed by atoms with E-state index in [1.165, 1.54) is 17.0 Å². The Hall–Kier alpha value is -3.81. The molecule has 0 unspecified atom stereocenters. The summed E-state index contributed by atoms with van der Waals surface area (Å²) in [5.74, 6) is 1.80. The van der Waals surface area contributed by atoms with E-state index in [1.54, 1.807) is 26.4 Å². The Morgan fingerprint density at radius 2 is 1.78 bits per heavy atom. The molecule has 8 nitrogen and oxygen atoms in total. The van der Waals surface area contributed by atoms with Crippen LogP contribution < -0.4 is 25.1 Å². The number of nitrogens with zero attached hydrogens (tertiary/aromatic N) is 2. The van der Waals surface area contributed by atoms with Crippen LogP contribution >= 0.6 is 0 Å². The average molecular weight is 437 g/mol. The summed E-state index contributed by atoms with van der Waals surface area (Å²) >= 11 is 0. The summed E-state index contributed by atoms with van der Waals surface area (Å²) in [4.78, 5) is 29.1. The fourth-order valence-electron chi connectivity index (χ4n) is 3.19. The summed E-state index contributed by atoms with van der Waals surface area (Å²) < 4.78 is 17.4. The molecule has 1 N–H and O–H groups in total. The number of methoxy groups -OCH3 is 2. The first-order valence-electron chi connectivity index (χ1n) is 10.3. The largest absolute Gasteiger partial charge is 0.494 e. The van der Waals surface area contributed by atoms with Crippen LogP contribution in [0.5, 0.6) is 17.2 Å². The molecule has 0 bridgehead atoms. The number of rotatable bonds is 10. The maximum absolute atomic E-state index is 12.4. The van der Waals surface area contributed by atoms with E-state index in [0.29, 0.717) is 36.9 Å². The molecule has 0 atom stereocenters. The van der Waals surface area contributed by atoms with Crippen LogP contribution in [0.2, 0.25) is 0 Å². The van der Waals surface area contributed by atoms with Crippen LogP contribution in [0.25, 0.3) is 11.3 Å². The maximum atomic E-state index is 12.4. The number of hydrogen-bond donors (Lipinski definition) is 1. The quantitative estimate of drug-likeness (QED) is 0.524. The van der Waals surface area contributed by atoms with E-state index in [4.69, 9.17) is 14.2 Å². The lowest BCUT2D eigenvalue weighted by atomic mass is 10.1. The van der Waals surface area contributed by atoms with Crippen molar-refractivity contribution in [3.05, 3.63) is 70.8 Å². The molecule has 0 fully saturated rings. The van der Waals surface area contributed by atoms with Crippen LogP contribution in [0.1, 0.15) is 12.5 Å². The van der Waals surface area contributed by atoms with Gasteiger partial charge < -0.3 is 19.5 Å². The summed E-state index contributed by atoms with van der Waals surface area (Å²) in [6, 6.07) is 14.3.